The fourth-order valence-corrected chi connectivity index (χ4v) is 1.73. The van der Waals surface area contributed by atoms with Gasteiger partial charge in [0.05, 0.1) is 16.9 Å². The van der Waals surface area contributed by atoms with E-state index < -0.39 is 5.97 Å². The normalized spacial score (nSPS) is 15.1. The predicted octanol–water partition coefficient (Wildman–Crippen LogP) is 1.23. The quantitative estimate of drug-likeness (QED) is 0.823. The molecule has 0 amide bonds. The van der Waals surface area contributed by atoms with Crippen LogP contribution in [-0.4, -0.2) is 26.6 Å². The molecule has 0 saturated heterocycles. The second-order valence-corrected chi connectivity index (χ2v) is 3.53. The molecule has 1 N–H and O–H groups in total. The number of aromatic nitrogens is 2. The maximum Gasteiger partial charge on any atom is 0.354 e. The fraction of sp³-hybridized carbons (Fsp3) is 0.222. The van der Waals surface area contributed by atoms with Gasteiger partial charge in [-0.05, 0) is 6.08 Å². The zero-order valence-electron chi connectivity index (χ0n) is 7.94. The first kappa shape index (κ1) is 9.92. The highest BCUT2D eigenvalue weighted by molar-refractivity contribution is 6.34. The van der Waals surface area contributed by atoms with Crippen molar-refractivity contribution in [2.75, 3.05) is 0 Å². The minimum Gasteiger partial charge on any atom is -0.477 e. The summed E-state index contributed by atoms with van der Waals surface area (Å²) < 4.78 is 1.58. The number of carboxylic acids is 1. The molecular weight excluding hydrogens is 218 g/mol. The molecule has 0 fully saturated rings. The maximum atomic E-state index is 10.7. The van der Waals surface area contributed by atoms with E-state index in [0.717, 1.165) is 0 Å². The molecule has 5 nitrogen and oxygen atoms in total. The van der Waals surface area contributed by atoms with Crippen LogP contribution >= 0.6 is 11.6 Å². The third kappa shape index (κ3) is 1.66. The zero-order valence-corrected chi connectivity index (χ0v) is 8.69. The summed E-state index contributed by atoms with van der Waals surface area (Å²) in [7, 11) is 1.74. The molecule has 6 heteroatoms. The fourth-order valence-electron chi connectivity index (χ4n) is 1.45. The van der Waals surface area contributed by atoms with Gasteiger partial charge in [0.15, 0.2) is 0 Å². The molecule has 1 aromatic rings. The number of hydrogen-bond acceptors (Lipinski definition) is 3. The molecule has 2 rings (SSSR count). The Labute approximate surface area is 90.7 Å². The van der Waals surface area contributed by atoms with Gasteiger partial charge in [0.25, 0.3) is 0 Å². The van der Waals surface area contributed by atoms with Crippen LogP contribution in [0.4, 0.5) is 0 Å². The number of carboxylic acid groups (broad SMARTS) is 1. The lowest BCUT2D eigenvalue weighted by Gasteiger charge is -2.00. The third-order valence-corrected chi connectivity index (χ3v) is 2.41. The molecule has 0 bridgehead atoms. The van der Waals surface area contributed by atoms with Crippen LogP contribution in [-0.2, 0) is 11.8 Å². The summed E-state index contributed by atoms with van der Waals surface area (Å²) in [6.45, 7) is 0. The van der Waals surface area contributed by atoms with E-state index in [4.69, 9.17) is 16.7 Å². The highest BCUT2D eigenvalue weighted by atomic mass is 35.5. The summed E-state index contributed by atoms with van der Waals surface area (Å²) in [6.07, 6.45) is 3.54. The van der Waals surface area contributed by atoms with Gasteiger partial charge in [-0.1, -0.05) is 11.6 Å². The van der Waals surface area contributed by atoms with Crippen molar-refractivity contribution in [2.24, 2.45) is 12.0 Å². The van der Waals surface area contributed by atoms with E-state index in [1.54, 1.807) is 17.8 Å². The number of nitrogens with zero attached hydrogens (tertiary/aromatic N) is 3. The number of aryl methyl sites for hydroxylation is 1. The van der Waals surface area contributed by atoms with Crippen LogP contribution in [0, 0.1) is 0 Å². The van der Waals surface area contributed by atoms with Crippen molar-refractivity contribution in [1.29, 1.82) is 0 Å². The molecule has 1 aromatic heterocycles. The Morgan fingerprint density at radius 2 is 2.40 bits per heavy atom. The standard InChI is InChI=1S/C9H8ClN3O2/c1-13-8(5(10)4-11-13)6-2-3-7(12-6)9(14)15/h3-4H,2H2,1H3,(H,14,15). The first-order chi connectivity index (χ1) is 7.09. The Hall–Kier alpha value is -1.62. The highest BCUT2D eigenvalue weighted by Crippen LogP contribution is 2.21. The van der Waals surface area contributed by atoms with E-state index in [1.807, 2.05) is 0 Å². The predicted molar refractivity (Wildman–Crippen MR) is 55.1 cm³/mol. The van der Waals surface area contributed by atoms with E-state index >= 15 is 0 Å². The molecule has 0 aromatic carbocycles. The van der Waals surface area contributed by atoms with Crippen molar-refractivity contribution in [3.8, 4) is 0 Å². The van der Waals surface area contributed by atoms with Gasteiger partial charge in [-0.25, -0.2) is 9.79 Å². The van der Waals surface area contributed by atoms with Crippen molar-refractivity contribution >= 4 is 23.3 Å². The topological polar surface area (TPSA) is 67.5 Å². The van der Waals surface area contributed by atoms with Crippen molar-refractivity contribution in [2.45, 2.75) is 6.42 Å². The molecule has 15 heavy (non-hydrogen) atoms. The average Bonchev–Trinajstić information content (AvgIpc) is 2.73. The molecule has 1 aliphatic rings. The van der Waals surface area contributed by atoms with Crippen molar-refractivity contribution in [3.63, 3.8) is 0 Å². The molecule has 0 unspecified atom stereocenters. The number of hydrogen-bond donors (Lipinski definition) is 1. The largest absolute Gasteiger partial charge is 0.477 e. The number of carbonyl (C=O) groups is 1. The van der Waals surface area contributed by atoms with Crippen molar-refractivity contribution in [1.82, 2.24) is 9.78 Å². The van der Waals surface area contributed by atoms with E-state index in [1.165, 1.54) is 6.20 Å². The second kappa shape index (κ2) is 3.51. The number of aliphatic imine (C=N–C) groups is 1. The van der Waals surface area contributed by atoms with Crippen molar-refractivity contribution < 1.29 is 9.90 Å². The monoisotopic (exact) mass is 225 g/mol. The van der Waals surface area contributed by atoms with E-state index in [0.29, 0.717) is 22.8 Å². The lowest BCUT2D eigenvalue weighted by atomic mass is 10.2. The van der Waals surface area contributed by atoms with Crippen LogP contribution in [0.5, 0.6) is 0 Å². The molecule has 0 spiro atoms. The third-order valence-electron chi connectivity index (χ3n) is 2.13. The van der Waals surface area contributed by atoms with Gasteiger partial charge in [-0.3, -0.25) is 4.68 Å². The molecule has 0 aliphatic carbocycles. The van der Waals surface area contributed by atoms with Gasteiger partial charge < -0.3 is 5.11 Å². The first-order valence-electron chi connectivity index (χ1n) is 4.28. The Bertz CT molecular complexity index is 468. The molecule has 0 saturated carbocycles. The Morgan fingerprint density at radius 3 is 2.87 bits per heavy atom. The summed E-state index contributed by atoms with van der Waals surface area (Å²) >= 11 is 5.92. The van der Waals surface area contributed by atoms with Crippen LogP contribution in [0.25, 0.3) is 0 Å². The van der Waals surface area contributed by atoms with Crippen LogP contribution in [0.3, 0.4) is 0 Å². The maximum absolute atomic E-state index is 10.7. The molecule has 1 aliphatic heterocycles. The molecular formula is C9H8ClN3O2. The lowest BCUT2D eigenvalue weighted by molar-refractivity contribution is -0.132. The number of allylic oxidation sites excluding steroid dienone is 1. The van der Waals surface area contributed by atoms with Gasteiger partial charge in [0, 0.05) is 13.5 Å². The summed E-state index contributed by atoms with van der Waals surface area (Å²) in [5.74, 6) is -1.02. The summed E-state index contributed by atoms with van der Waals surface area (Å²) in [5, 5.41) is 13.2. The molecule has 2 heterocycles. The van der Waals surface area contributed by atoms with Gasteiger partial charge in [-0.15, -0.1) is 0 Å². The van der Waals surface area contributed by atoms with Gasteiger partial charge in [-0.2, -0.15) is 5.10 Å². The van der Waals surface area contributed by atoms with Crippen LogP contribution < -0.4 is 0 Å². The highest BCUT2D eigenvalue weighted by Gasteiger charge is 2.20. The van der Waals surface area contributed by atoms with E-state index in [2.05, 4.69) is 10.1 Å². The Morgan fingerprint density at radius 1 is 1.67 bits per heavy atom. The zero-order chi connectivity index (χ0) is 11.0. The summed E-state index contributed by atoms with van der Waals surface area (Å²) in [4.78, 5) is 14.6. The number of aliphatic carboxylic acids is 1. The SMILES string of the molecule is Cn1ncc(Cl)c1C1=NC(C(=O)O)=CC1. The average molecular weight is 226 g/mol. The smallest absolute Gasteiger partial charge is 0.354 e. The Kier molecular flexibility index (Phi) is 2.32. The van der Waals surface area contributed by atoms with E-state index in [-0.39, 0.29) is 5.70 Å². The van der Waals surface area contributed by atoms with Gasteiger partial charge >= 0.3 is 5.97 Å². The summed E-state index contributed by atoms with van der Waals surface area (Å²) in [6, 6.07) is 0. The second-order valence-electron chi connectivity index (χ2n) is 3.12. The van der Waals surface area contributed by atoms with Crippen LogP contribution in [0.1, 0.15) is 12.1 Å². The van der Waals surface area contributed by atoms with Crippen molar-refractivity contribution in [3.05, 3.63) is 28.7 Å². The minimum atomic E-state index is -1.02. The Balaban J connectivity index is 2.37. The molecule has 0 radical (unpaired) electrons. The lowest BCUT2D eigenvalue weighted by Crippen LogP contribution is -2.06. The first-order valence-corrected chi connectivity index (χ1v) is 4.66. The summed E-state index contributed by atoms with van der Waals surface area (Å²) in [5.41, 5.74) is 1.36. The van der Waals surface area contributed by atoms with E-state index in [9.17, 15) is 4.79 Å². The van der Waals surface area contributed by atoms with Gasteiger partial charge in [0.1, 0.15) is 11.4 Å². The minimum absolute atomic E-state index is 0.0577. The molecule has 78 valence electrons. The number of halogens is 1. The number of rotatable bonds is 2. The molecule has 0 atom stereocenters. The van der Waals surface area contributed by atoms with Crippen LogP contribution in [0.2, 0.25) is 5.02 Å². The van der Waals surface area contributed by atoms with Crippen LogP contribution in [0.15, 0.2) is 23.0 Å². The van der Waals surface area contributed by atoms with Gasteiger partial charge in [0.2, 0.25) is 0 Å².